The second kappa shape index (κ2) is 5.99. The molecular formula is C15H28O2. The van der Waals surface area contributed by atoms with Crippen molar-refractivity contribution in [3.8, 4) is 0 Å². The summed E-state index contributed by atoms with van der Waals surface area (Å²) < 4.78 is 5.80. The minimum absolute atomic E-state index is 0.403. The molecule has 0 aromatic carbocycles. The van der Waals surface area contributed by atoms with Crippen molar-refractivity contribution in [2.45, 2.75) is 71.8 Å². The highest BCUT2D eigenvalue weighted by Crippen LogP contribution is 2.43. The predicted octanol–water partition coefficient (Wildman–Crippen LogP) is 3.98. The Labute approximate surface area is 106 Å². The standard InChI is InChI=1S/C15H28O2/c1-5-11-17-15(12-16)9-7-13(8-10-15)14(3,4)6-2/h12-13H,5-11H2,1-4H3. The Morgan fingerprint density at radius 3 is 2.29 bits per heavy atom. The van der Waals surface area contributed by atoms with Gasteiger partial charge in [0, 0.05) is 6.61 Å². The third-order valence-corrected chi connectivity index (χ3v) is 4.66. The number of hydrogen-bond acceptors (Lipinski definition) is 2. The van der Waals surface area contributed by atoms with Gasteiger partial charge in [-0.3, -0.25) is 0 Å². The Morgan fingerprint density at radius 1 is 1.29 bits per heavy atom. The van der Waals surface area contributed by atoms with E-state index in [1.54, 1.807) is 0 Å². The van der Waals surface area contributed by atoms with Gasteiger partial charge in [-0.2, -0.15) is 0 Å². The lowest BCUT2D eigenvalue weighted by Gasteiger charge is -2.42. The average Bonchev–Trinajstić information content (AvgIpc) is 2.37. The molecule has 1 saturated carbocycles. The summed E-state index contributed by atoms with van der Waals surface area (Å²) in [6, 6.07) is 0. The van der Waals surface area contributed by atoms with Crippen LogP contribution in [0.4, 0.5) is 0 Å². The van der Waals surface area contributed by atoms with Crippen LogP contribution in [-0.2, 0) is 9.53 Å². The van der Waals surface area contributed by atoms with E-state index in [4.69, 9.17) is 4.74 Å². The Kier molecular flexibility index (Phi) is 5.18. The molecule has 0 aromatic heterocycles. The van der Waals surface area contributed by atoms with E-state index in [2.05, 4.69) is 27.7 Å². The molecule has 0 N–H and O–H groups in total. The lowest BCUT2D eigenvalue weighted by Crippen LogP contribution is -2.41. The molecule has 0 atom stereocenters. The van der Waals surface area contributed by atoms with Crippen LogP contribution in [0.3, 0.4) is 0 Å². The molecule has 1 fully saturated rings. The Balaban J connectivity index is 2.56. The zero-order valence-electron chi connectivity index (χ0n) is 11.9. The van der Waals surface area contributed by atoms with Gasteiger partial charge in [-0.15, -0.1) is 0 Å². The van der Waals surface area contributed by atoms with Crippen LogP contribution in [0.1, 0.15) is 66.2 Å². The number of hydrogen-bond donors (Lipinski definition) is 0. The predicted molar refractivity (Wildman–Crippen MR) is 71.1 cm³/mol. The van der Waals surface area contributed by atoms with Gasteiger partial charge in [0.15, 0.2) is 6.29 Å². The Bertz CT molecular complexity index is 237. The maximum absolute atomic E-state index is 11.3. The normalized spacial score (nSPS) is 30.2. The SMILES string of the molecule is CCCOC1(C=O)CCC(C(C)(C)CC)CC1. The smallest absolute Gasteiger partial charge is 0.151 e. The third-order valence-electron chi connectivity index (χ3n) is 4.66. The van der Waals surface area contributed by atoms with Crippen LogP contribution in [-0.4, -0.2) is 18.5 Å². The fourth-order valence-corrected chi connectivity index (χ4v) is 2.78. The molecular weight excluding hydrogens is 212 g/mol. The lowest BCUT2D eigenvalue weighted by molar-refractivity contribution is -0.139. The molecule has 2 nitrogen and oxygen atoms in total. The summed E-state index contributed by atoms with van der Waals surface area (Å²) in [6.07, 6.45) is 7.32. The molecule has 0 heterocycles. The van der Waals surface area contributed by atoms with E-state index in [-0.39, 0.29) is 0 Å². The first-order chi connectivity index (χ1) is 7.99. The quantitative estimate of drug-likeness (QED) is 0.656. The van der Waals surface area contributed by atoms with Crippen molar-refractivity contribution < 1.29 is 9.53 Å². The van der Waals surface area contributed by atoms with E-state index < -0.39 is 5.60 Å². The van der Waals surface area contributed by atoms with Gasteiger partial charge in [0.1, 0.15) is 5.60 Å². The van der Waals surface area contributed by atoms with Crippen molar-refractivity contribution in [3.05, 3.63) is 0 Å². The topological polar surface area (TPSA) is 26.3 Å². The van der Waals surface area contributed by atoms with E-state index in [9.17, 15) is 4.79 Å². The van der Waals surface area contributed by atoms with Gasteiger partial charge in [0.05, 0.1) is 0 Å². The molecule has 0 amide bonds. The van der Waals surface area contributed by atoms with E-state index in [0.29, 0.717) is 12.0 Å². The van der Waals surface area contributed by atoms with Crippen LogP contribution in [0.15, 0.2) is 0 Å². The fraction of sp³-hybridized carbons (Fsp3) is 0.933. The molecule has 0 unspecified atom stereocenters. The van der Waals surface area contributed by atoms with E-state index in [1.165, 1.54) is 6.42 Å². The zero-order valence-corrected chi connectivity index (χ0v) is 11.9. The molecule has 0 bridgehead atoms. The van der Waals surface area contributed by atoms with E-state index in [0.717, 1.165) is 44.3 Å². The first kappa shape index (κ1) is 14.7. The first-order valence-corrected chi connectivity index (χ1v) is 7.10. The van der Waals surface area contributed by atoms with Crippen LogP contribution >= 0.6 is 0 Å². The maximum Gasteiger partial charge on any atom is 0.151 e. The van der Waals surface area contributed by atoms with Gasteiger partial charge in [0.25, 0.3) is 0 Å². The summed E-state index contributed by atoms with van der Waals surface area (Å²) in [7, 11) is 0. The molecule has 1 aliphatic rings. The summed E-state index contributed by atoms with van der Waals surface area (Å²) >= 11 is 0. The summed E-state index contributed by atoms with van der Waals surface area (Å²) in [5.74, 6) is 0.741. The van der Waals surface area contributed by atoms with E-state index in [1.807, 2.05) is 0 Å². The van der Waals surface area contributed by atoms with Crippen LogP contribution in [0.5, 0.6) is 0 Å². The van der Waals surface area contributed by atoms with Gasteiger partial charge in [-0.25, -0.2) is 0 Å². The van der Waals surface area contributed by atoms with Crippen molar-refractivity contribution in [1.82, 2.24) is 0 Å². The Hall–Kier alpha value is -0.370. The monoisotopic (exact) mass is 240 g/mol. The molecule has 0 radical (unpaired) electrons. The number of carbonyl (C=O) groups is 1. The lowest BCUT2D eigenvalue weighted by atomic mass is 9.66. The van der Waals surface area contributed by atoms with Crippen LogP contribution in [0, 0.1) is 11.3 Å². The minimum Gasteiger partial charge on any atom is -0.368 e. The highest BCUT2D eigenvalue weighted by Gasteiger charge is 2.40. The number of rotatable bonds is 6. The highest BCUT2D eigenvalue weighted by atomic mass is 16.5. The highest BCUT2D eigenvalue weighted by molar-refractivity contribution is 5.62. The fourth-order valence-electron chi connectivity index (χ4n) is 2.78. The summed E-state index contributed by atoms with van der Waals surface area (Å²) in [5.41, 5.74) is -0.0594. The molecule has 2 heteroatoms. The van der Waals surface area contributed by atoms with Gasteiger partial charge in [-0.1, -0.05) is 34.1 Å². The average molecular weight is 240 g/mol. The number of aldehydes is 1. The third kappa shape index (κ3) is 3.54. The second-order valence-corrected chi connectivity index (χ2v) is 6.15. The largest absolute Gasteiger partial charge is 0.368 e. The van der Waals surface area contributed by atoms with E-state index >= 15 is 0 Å². The first-order valence-electron chi connectivity index (χ1n) is 7.10. The van der Waals surface area contributed by atoms with Crippen molar-refractivity contribution in [3.63, 3.8) is 0 Å². The van der Waals surface area contributed by atoms with Gasteiger partial charge >= 0.3 is 0 Å². The molecule has 100 valence electrons. The van der Waals surface area contributed by atoms with Gasteiger partial charge in [0.2, 0.25) is 0 Å². The number of ether oxygens (including phenoxy) is 1. The summed E-state index contributed by atoms with van der Waals surface area (Å²) in [5, 5.41) is 0. The van der Waals surface area contributed by atoms with Crippen LogP contribution in [0.25, 0.3) is 0 Å². The zero-order chi connectivity index (χ0) is 12.9. The molecule has 1 rings (SSSR count). The maximum atomic E-state index is 11.3. The molecule has 17 heavy (non-hydrogen) atoms. The minimum atomic E-state index is -0.462. The van der Waals surface area contributed by atoms with Gasteiger partial charge < -0.3 is 9.53 Å². The molecule has 0 aliphatic heterocycles. The molecule has 0 saturated heterocycles. The van der Waals surface area contributed by atoms with Crippen LogP contribution in [0.2, 0.25) is 0 Å². The molecule has 0 aromatic rings. The van der Waals surface area contributed by atoms with Crippen molar-refractivity contribution >= 4 is 6.29 Å². The molecule has 0 spiro atoms. The van der Waals surface area contributed by atoms with Crippen molar-refractivity contribution in [2.75, 3.05) is 6.61 Å². The summed E-state index contributed by atoms with van der Waals surface area (Å²) in [4.78, 5) is 11.3. The summed E-state index contributed by atoms with van der Waals surface area (Å²) in [6.45, 7) is 9.75. The van der Waals surface area contributed by atoms with Gasteiger partial charge in [-0.05, 0) is 43.4 Å². The second-order valence-electron chi connectivity index (χ2n) is 6.15. The van der Waals surface area contributed by atoms with Crippen molar-refractivity contribution in [1.29, 1.82) is 0 Å². The Morgan fingerprint density at radius 2 is 1.88 bits per heavy atom. The van der Waals surface area contributed by atoms with Crippen LogP contribution < -0.4 is 0 Å². The van der Waals surface area contributed by atoms with Crippen molar-refractivity contribution in [2.24, 2.45) is 11.3 Å². The molecule has 1 aliphatic carbocycles. The number of carbonyl (C=O) groups excluding carboxylic acids is 1.